The maximum atomic E-state index is 10.2. The van der Waals surface area contributed by atoms with Crippen molar-refractivity contribution in [2.45, 2.75) is 18.9 Å². The molecule has 11 heavy (non-hydrogen) atoms. The number of aliphatic carboxylic acids is 1. The van der Waals surface area contributed by atoms with Crippen LogP contribution >= 0.6 is 11.6 Å². The second-order valence-electron chi connectivity index (χ2n) is 2.22. The van der Waals surface area contributed by atoms with Gasteiger partial charge >= 0.3 is 5.97 Å². The average molecular weight is 179 g/mol. The number of rotatable bonds is 5. The van der Waals surface area contributed by atoms with Gasteiger partial charge in [-0.2, -0.15) is 0 Å². The number of alkyl halides is 1. The molecule has 4 nitrogen and oxygen atoms in total. The summed E-state index contributed by atoms with van der Waals surface area (Å²) in [6, 6.07) is -0.876. The second kappa shape index (κ2) is 5.09. The molecule has 0 radical (unpaired) electrons. The van der Waals surface area contributed by atoms with Crippen LogP contribution in [-0.4, -0.2) is 28.7 Å². The van der Waals surface area contributed by atoms with Crippen LogP contribution in [-0.2, 0) is 4.79 Å². The molecule has 0 aliphatic carbocycles. The van der Waals surface area contributed by atoms with E-state index in [0.717, 1.165) is 0 Å². The van der Waals surface area contributed by atoms with Gasteiger partial charge in [0.1, 0.15) is 6.04 Å². The van der Waals surface area contributed by atoms with Crippen molar-refractivity contribution in [1.29, 1.82) is 5.41 Å². The number of hydrogen-bond donors (Lipinski definition) is 3. The average Bonchev–Trinajstić information content (AvgIpc) is 1.99. The van der Waals surface area contributed by atoms with E-state index in [1.807, 2.05) is 0 Å². The minimum Gasteiger partial charge on any atom is -0.480 e. The lowest BCUT2D eigenvalue weighted by atomic mass is 10.1. The van der Waals surface area contributed by atoms with Gasteiger partial charge in [0.25, 0.3) is 0 Å². The molecule has 5 heteroatoms. The summed E-state index contributed by atoms with van der Waals surface area (Å²) >= 11 is 5.30. The van der Waals surface area contributed by atoms with E-state index in [4.69, 9.17) is 27.9 Å². The molecule has 0 aliphatic rings. The fourth-order valence-corrected chi connectivity index (χ4v) is 0.654. The molecule has 0 saturated heterocycles. The summed E-state index contributed by atoms with van der Waals surface area (Å²) < 4.78 is 0. The van der Waals surface area contributed by atoms with E-state index in [0.29, 0.717) is 12.1 Å². The van der Waals surface area contributed by atoms with E-state index < -0.39 is 12.0 Å². The van der Waals surface area contributed by atoms with Crippen LogP contribution in [0.25, 0.3) is 0 Å². The first-order valence-electron chi connectivity index (χ1n) is 3.18. The zero-order valence-electron chi connectivity index (χ0n) is 6.01. The molecule has 0 aromatic heterocycles. The van der Waals surface area contributed by atoms with Crippen LogP contribution in [0, 0.1) is 5.41 Å². The summed E-state index contributed by atoms with van der Waals surface area (Å²) in [5, 5.41) is 15.4. The molecule has 0 amide bonds. The van der Waals surface area contributed by atoms with Gasteiger partial charge in [0, 0.05) is 5.71 Å². The first-order chi connectivity index (χ1) is 5.07. The zero-order chi connectivity index (χ0) is 8.85. The minimum absolute atomic E-state index is 0.145. The lowest BCUT2D eigenvalue weighted by Gasteiger charge is -2.04. The third-order valence-electron chi connectivity index (χ3n) is 1.24. The Morgan fingerprint density at radius 3 is 2.64 bits per heavy atom. The summed E-state index contributed by atoms with van der Waals surface area (Å²) in [5.74, 6) is -0.890. The van der Waals surface area contributed by atoms with Gasteiger partial charge in [-0.25, -0.2) is 0 Å². The van der Waals surface area contributed by atoms with Crippen molar-refractivity contribution >= 4 is 23.3 Å². The number of nitrogens with one attached hydrogen (secondary N) is 1. The molecule has 64 valence electrons. The Bertz CT molecular complexity index is 161. The van der Waals surface area contributed by atoms with Gasteiger partial charge in [-0.05, 0) is 12.8 Å². The Morgan fingerprint density at radius 1 is 1.73 bits per heavy atom. The highest BCUT2D eigenvalue weighted by Gasteiger charge is 2.11. The Morgan fingerprint density at radius 2 is 2.27 bits per heavy atom. The van der Waals surface area contributed by atoms with Crippen LogP contribution in [0.1, 0.15) is 12.8 Å². The molecule has 0 unspecified atom stereocenters. The van der Waals surface area contributed by atoms with Crippen molar-refractivity contribution in [2.24, 2.45) is 5.73 Å². The molecular weight excluding hydrogens is 168 g/mol. The Balaban J connectivity index is 3.54. The van der Waals surface area contributed by atoms with Gasteiger partial charge in [0.05, 0.1) is 5.88 Å². The number of carbonyl (C=O) groups is 1. The molecule has 4 N–H and O–H groups in total. The van der Waals surface area contributed by atoms with Crippen molar-refractivity contribution in [3.05, 3.63) is 0 Å². The van der Waals surface area contributed by atoms with E-state index in [1.54, 1.807) is 0 Å². The molecule has 0 rings (SSSR count). The predicted octanol–water partition coefficient (Wildman–Crippen LogP) is 0.437. The molecule has 1 atom stereocenters. The highest BCUT2D eigenvalue weighted by atomic mass is 35.5. The van der Waals surface area contributed by atoms with E-state index in [9.17, 15) is 4.79 Å². The van der Waals surface area contributed by atoms with Crippen LogP contribution in [0.2, 0.25) is 0 Å². The first-order valence-corrected chi connectivity index (χ1v) is 3.72. The number of carboxylic acid groups (broad SMARTS) is 1. The van der Waals surface area contributed by atoms with Gasteiger partial charge in [-0.3, -0.25) is 4.79 Å². The number of carboxylic acids is 1. The molecule has 0 fully saturated rings. The summed E-state index contributed by atoms with van der Waals surface area (Å²) in [6.45, 7) is 0. The van der Waals surface area contributed by atoms with Crippen LogP contribution < -0.4 is 5.73 Å². The van der Waals surface area contributed by atoms with E-state index in [1.165, 1.54) is 0 Å². The summed E-state index contributed by atoms with van der Waals surface area (Å²) in [5.41, 5.74) is 5.50. The largest absolute Gasteiger partial charge is 0.480 e. The maximum Gasteiger partial charge on any atom is 0.320 e. The lowest BCUT2D eigenvalue weighted by molar-refractivity contribution is -0.138. The molecule has 0 aromatic rings. The highest BCUT2D eigenvalue weighted by Crippen LogP contribution is 1.97. The van der Waals surface area contributed by atoms with E-state index in [2.05, 4.69) is 0 Å². The Hall–Kier alpha value is -0.610. The minimum atomic E-state index is -1.03. The van der Waals surface area contributed by atoms with Crippen LogP contribution in [0.4, 0.5) is 0 Å². The summed E-state index contributed by atoms with van der Waals surface area (Å²) in [7, 11) is 0. The monoisotopic (exact) mass is 178 g/mol. The van der Waals surface area contributed by atoms with Gasteiger partial charge in [0.2, 0.25) is 0 Å². The van der Waals surface area contributed by atoms with Crippen LogP contribution in [0.5, 0.6) is 0 Å². The van der Waals surface area contributed by atoms with Gasteiger partial charge < -0.3 is 16.2 Å². The molecule has 0 saturated carbocycles. The molecule has 0 aromatic carbocycles. The van der Waals surface area contributed by atoms with E-state index in [-0.39, 0.29) is 12.3 Å². The third kappa shape index (κ3) is 4.75. The topological polar surface area (TPSA) is 87.2 Å². The van der Waals surface area contributed by atoms with Crippen molar-refractivity contribution in [3.8, 4) is 0 Å². The molecule has 0 heterocycles. The molecule has 0 bridgehead atoms. The normalized spacial score (nSPS) is 12.5. The fraction of sp³-hybridized carbons (Fsp3) is 0.667. The molecule has 0 spiro atoms. The van der Waals surface area contributed by atoms with Crippen molar-refractivity contribution in [2.75, 3.05) is 5.88 Å². The van der Waals surface area contributed by atoms with Crippen molar-refractivity contribution in [3.63, 3.8) is 0 Å². The fourth-order valence-electron chi connectivity index (χ4n) is 0.520. The number of nitrogens with two attached hydrogens (primary N) is 1. The van der Waals surface area contributed by atoms with Gasteiger partial charge in [0.15, 0.2) is 0 Å². The summed E-state index contributed by atoms with van der Waals surface area (Å²) in [6.07, 6.45) is 0.637. The third-order valence-corrected chi connectivity index (χ3v) is 1.56. The Labute approximate surface area is 69.8 Å². The smallest absolute Gasteiger partial charge is 0.320 e. The standard InChI is InChI=1S/C6H11ClN2O2/c7-3-4(8)1-2-5(9)6(10)11/h5,8H,1-3,9H2,(H,10,11)/t5-/m0/s1. The van der Waals surface area contributed by atoms with Gasteiger partial charge in [-0.15, -0.1) is 11.6 Å². The molecule has 0 aliphatic heterocycles. The first kappa shape index (κ1) is 10.4. The highest BCUT2D eigenvalue weighted by molar-refractivity contribution is 6.28. The number of halogens is 1. The van der Waals surface area contributed by atoms with Crippen molar-refractivity contribution in [1.82, 2.24) is 0 Å². The predicted molar refractivity (Wildman–Crippen MR) is 43.3 cm³/mol. The second-order valence-corrected chi connectivity index (χ2v) is 2.49. The number of hydrogen-bond acceptors (Lipinski definition) is 3. The van der Waals surface area contributed by atoms with Gasteiger partial charge in [-0.1, -0.05) is 0 Å². The Kier molecular flexibility index (Phi) is 4.81. The van der Waals surface area contributed by atoms with E-state index >= 15 is 0 Å². The SMILES string of the molecule is N=C(CCl)CC[C@H](N)C(=O)O. The van der Waals surface area contributed by atoms with Crippen molar-refractivity contribution < 1.29 is 9.90 Å². The van der Waals surface area contributed by atoms with Crippen LogP contribution in [0.15, 0.2) is 0 Å². The van der Waals surface area contributed by atoms with Crippen LogP contribution in [0.3, 0.4) is 0 Å². The quantitative estimate of drug-likeness (QED) is 0.422. The maximum absolute atomic E-state index is 10.2. The molecular formula is C6H11ClN2O2. The lowest BCUT2D eigenvalue weighted by Crippen LogP contribution is -2.30. The summed E-state index contributed by atoms with van der Waals surface area (Å²) in [4.78, 5) is 10.2. The zero-order valence-corrected chi connectivity index (χ0v) is 6.77.